The van der Waals surface area contributed by atoms with Crippen molar-refractivity contribution in [3.05, 3.63) is 118 Å². The Balaban J connectivity index is 1.76. The van der Waals surface area contributed by atoms with Gasteiger partial charge in [-0.05, 0) is 42.7 Å². The lowest BCUT2D eigenvalue weighted by Gasteiger charge is -2.29. The summed E-state index contributed by atoms with van der Waals surface area (Å²) < 4.78 is 1.71. The zero-order valence-electron chi connectivity index (χ0n) is 19.6. The van der Waals surface area contributed by atoms with Gasteiger partial charge in [-0.3, -0.25) is 14.2 Å². The van der Waals surface area contributed by atoms with Crippen molar-refractivity contribution in [2.75, 3.05) is 6.54 Å². The Hall–Kier alpha value is -3.99. The number of benzene rings is 3. The molecule has 0 saturated carbocycles. The minimum absolute atomic E-state index is 0.0972. The van der Waals surface area contributed by atoms with Gasteiger partial charge in [0.25, 0.3) is 5.56 Å². The van der Waals surface area contributed by atoms with E-state index < -0.39 is 0 Å². The largest absolute Gasteiger partial charge is 0.329 e. The first-order valence-corrected chi connectivity index (χ1v) is 11.7. The quantitative estimate of drug-likeness (QED) is 0.334. The van der Waals surface area contributed by atoms with Crippen LogP contribution in [0.15, 0.2) is 95.8 Å². The van der Waals surface area contributed by atoms with Gasteiger partial charge in [-0.1, -0.05) is 79.7 Å². The van der Waals surface area contributed by atoms with Crippen LogP contribution < -0.4 is 5.56 Å². The van der Waals surface area contributed by atoms with Crippen LogP contribution in [0, 0.1) is 0 Å². The Morgan fingerprint density at radius 3 is 2.32 bits per heavy atom. The van der Waals surface area contributed by atoms with Gasteiger partial charge in [0, 0.05) is 12.6 Å². The van der Waals surface area contributed by atoms with Gasteiger partial charge in [0.15, 0.2) is 0 Å². The predicted octanol–water partition coefficient (Wildman–Crippen LogP) is 5.46. The fourth-order valence-corrected chi connectivity index (χ4v) is 4.13. The van der Waals surface area contributed by atoms with Crippen molar-refractivity contribution in [3.8, 4) is 0 Å². The molecule has 0 aliphatic carbocycles. The number of hydrogen-bond acceptors (Lipinski definition) is 3. The second-order valence-corrected chi connectivity index (χ2v) is 8.32. The summed E-state index contributed by atoms with van der Waals surface area (Å²) in [6.45, 7) is 4.94. The topological polar surface area (TPSA) is 55.2 Å². The molecule has 0 aliphatic heterocycles. The SMILES string of the molecule is CCCN(C(=O)C=Cc1ccccc1)C(C)c1nc2ccccc2c(=O)n1Cc1ccccc1. The monoisotopic (exact) mass is 451 g/mol. The molecule has 0 aliphatic rings. The maximum absolute atomic E-state index is 13.5. The summed E-state index contributed by atoms with van der Waals surface area (Å²) in [6.07, 6.45) is 4.22. The molecule has 5 heteroatoms. The van der Waals surface area contributed by atoms with Crippen LogP contribution in [0.2, 0.25) is 0 Å². The third-order valence-corrected chi connectivity index (χ3v) is 5.88. The van der Waals surface area contributed by atoms with E-state index in [1.54, 1.807) is 21.6 Å². The highest BCUT2D eigenvalue weighted by Gasteiger charge is 2.24. The smallest absolute Gasteiger partial charge is 0.261 e. The minimum atomic E-state index is -0.381. The molecule has 34 heavy (non-hydrogen) atoms. The van der Waals surface area contributed by atoms with E-state index in [9.17, 15) is 9.59 Å². The predicted molar refractivity (Wildman–Crippen MR) is 137 cm³/mol. The molecule has 0 bridgehead atoms. The summed E-state index contributed by atoms with van der Waals surface area (Å²) in [6, 6.07) is 26.6. The highest BCUT2D eigenvalue weighted by molar-refractivity contribution is 5.92. The van der Waals surface area contributed by atoms with Gasteiger partial charge in [0.2, 0.25) is 5.91 Å². The summed E-state index contributed by atoms with van der Waals surface area (Å²) in [5.74, 6) is 0.481. The molecule has 4 rings (SSSR count). The van der Waals surface area contributed by atoms with Crippen LogP contribution in [0.4, 0.5) is 0 Å². The van der Waals surface area contributed by atoms with Crippen LogP contribution in [-0.4, -0.2) is 26.9 Å². The number of hydrogen-bond donors (Lipinski definition) is 0. The average molecular weight is 452 g/mol. The van der Waals surface area contributed by atoms with E-state index in [1.807, 2.05) is 98.8 Å². The van der Waals surface area contributed by atoms with Gasteiger partial charge in [-0.15, -0.1) is 0 Å². The molecule has 5 nitrogen and oxygen atoms in total. The number of fused-ring (bicyclic) bond motifs is 1. The number of para-hydroxylation sites is 1. The minimum Gasteiger partial charge on any atom is -0.329 e. The second-order valence-electron chi connectivity index (χ2n) is 8.32. The lowest BCUT2D eigenvalue weighted by Crippen LogP contribution is -2.37. The fourth-order valence-electron chi connectivity index (χ4n) is 4.13. The van der Waals surface area contributed by atoms with Crippen molar-refractivity contribution in [3.63, 3.8) is 0 Å². The van der Waals surface area contributed by atoms with E-state index >= 15 is 0 Å². The molecule has 1 amide bonds. The number of carbonyl (C=O) groups excluding carboxylic acids is 1. The third-order valence-electron chi connectivity index (χ3n) is 5.88. The Morgan fingerprint density at radius 2 is 1.62 bits per heavy atom. The Bertz CT molecular complexity index is 1340. The van der Waals surface area contributed by atoms with Crippen molar-refractivity contribution in [2.24, 2.45) is 0 Å². The summed E-state index contributed by atoms with van der Waals surface area (Å²) >= 11 is 0. The van der Waals surface area contributed by atoms with Crippen molar-refractivity contribution in [1.82, 2.24) is 14.5 Å². The van der Waals surface area contributed by atoms with Crippen LogP contribution in [0.25, 0.3) is 17.0 Å². The first-order valence-electron chi connectivity index (χ1n) is 11.7. The van der Waals surface area contributed by atoms with Crippen molar-refractivity contribution < 1.29 is 4.79 Å². The number of carbonyl (C=O) groups is 1. The standard InChI is InChI=1S/C29H29N3O2/c1-3-20-31(27(33)19-18-23-12-6-4-7-13-23)22(2)28-30-26-17-11-10-16-25(26)29(34)32(28)21-24-14-8-5-9-15-24/h4-19,22H,3,20-21H2,1-2H3. The van der Waals surface area contributed by atoms with Crippen molar-refractivity contribution >= 4 is 22.9 Å². The summed E-state index contributed by atoms with van der Waals surface area (Å²) in [4.78, 5) is 33.5. The summed E-state index contributed by atoms with van der Waals surface area (Å²) in [7, 11) is 0. The van der Waals surface area contributed by atoms with E-state index in [-0.39, 0.29) is 17.5 Å². The number of nitrogens with zero attached hydrogens (tertiary/aromatic N) is 3. The molecule has 3 aromatic carbocycles. The maximum atomic E-state index is 13.5. The van der Waals surface area contributed by atoms with Crippen LogP contribution in [-0.2, 0) is 11.3 Å². The maximum Gasteiger partial charge on any atom is 0.261 e. The highest BCUT2D eigenvalue weighted by Crippen LogP contribution is 2.22. The molecule has 1 aromatic heterocycles. The Kier molecular flexibility index (Phi) is 7.33. The molecule has 0 spiro atoms. The fraction of sp³-hybridized carbons (Fsp3) is 0.207. The van der Waals surface area contributed by atoms with E-state index in [2.05, 4.69) is 0 Å². The molecule has 1 heterocycles. The Morgan fingerprint density at radius 1 is 0.971 bits per heavy atom. The lowest BCUT2D eigenvalue weighted by molar-refractivity contribution is -0.128. The number of aromatic nitrogens is 2. The van der Waals surface area contributed by atoms with Gasteiger partial charge < -0.3 is 4.90 Å². The zero-order chi connectivity index (χ0) is 23.9. The third kappa shape index (κ3) is 5.15. The number of rotatable bonds is 8. The van der Waals surface area contributed by atoms with E-state index in [1.165, 1.54) is 0 Å². The van der Waals surface area contributed by atoms with Gasteiger partial charge in [-0.25, -0.2) is 4.98 Å². The van der Waals surface area contributed by atoms with Gasteiger partial charge in [0.05, 0.1) is 23.5 Å². The molecule has 172 valence electrons. The lowest BCUT2D eigenvalue weighted by atomic mass is 10.1. The zero-order valence-corrected chi connectivity index (χ0v) is 19.6. The molecule has 1 unspecified atom stereocenters. The van der Waals surface area contributed by atoms with E-state index in [0.29, 0.717) is 29.8 Å². The van der Waals surface area contributed by atoms with Gasteiger partial charge in [-0.2, -0.15) is 0 Å². The Labute approximate surface area is 200 Å². The van der Waals surface area contributed by atoms with Crippen LogP contribution in [0.1, 0.15) is 43.3 Å². The van der Waals surface area contributed by atoms with Crippen LogP contribution >= 0.6 is 0 Å². The summed E-state index contributed by atoms with van der Waals surface area (Å²) in [5.41, 5.74) is 2.51. The van der Waals surface area contributed by atoms with Gasteiger partial charge in [0.1, 0.15) is 5.82 Å². The highest BCUT2D eigenvalue weighted by atomic mass is 16.2. The average Bonchev–Trinajstić information content (AvgIpc) is 2.88. The number of amides is 1. The first kappa shape index (κ1) is 23.2. The molecule has 0 saturated heterocycles. The molecular formula is C29H29N3O2. The van der Waals surface area contributed by atoms with E-state index in [4.69, 9.17) is 4.98 Å². The van der Waals surface area contributed by atoms with E-state index in [0.717, 1.165) is 17.5 Å². The second kappa shape index (κ2) is 10.8. The first-order chi connectivity index (χ1) is 16.6. The van der Waals surface area contributed by atoms with Crippen molar-refractivity contribution in [1.29, 1.82) is 0 Å². The summed E-state index contributed by atoms with van der Waals surface area (Å²) in [5, 5.41) is 0.576. The molecule has 1 atom stereocenters. The molecule has 0 fully saturated rings. The molecule has 4 aromatic rings. The molecular weight excluding hydrogens is 422 g/mol. The molecule has 0 N–H and O–H groups in total. The van der Waals surface area contributed by atoms with Crippen LogP contribution in [0.3, 0.4) is 0 Å². The van der Waals surface area contributed by atoms with Crippen molar-refractivity contribution in [2.45, 2.75) is 32.9 Å². The van der Waals surface area contributed by atoms with Crippen LogP contribution in [0.5, 0.6) is 0 Å². The van der Waals surface area contributed by atoms with Gasteiger partial charge >= 0.3 is 0 Å². The molecule has 0 radical (unpaired) electrons. The normalized spacial score (nSPS) is 12.2.